The first-order valence-electron chi connectivity index (χ1n) is 3.98. The van der Waals surface area contributed by atoms with E-state index < -0.39 is 0 Å². The van der Waals surface area contributed by atoms with Gasteiger partial charge in [0.05, 0.1) is 5.88 Å². The maximum absolute atomic E-state index is 10.9. The molecule has 0 atom stereocenters. The molecular formula is C10H6BrClOS. The standard InChI is InChI=1S/C10H6BrClOS/c11-6-1-2-9-7(3-6)8(5-13)10(4-12)14-9/h1-3,5H,4H2. The monoisotopic (exact) mass is 288 g/mol. The van der Waals surface area contributed by atoms with E-state index in [1.165, 1.54) is 0 Å². The molecule has 0 fully saturated rings. The van der Waals surface area contributed by atoms with Crippen LogP contribution in [0.4, 0.5) is 0 Å². The second kappa shape index (κ2) is 4.01. The second-order valence-corrected chi connectivity index (χ2v) is 5.15. The minimum absolute atomic E-state index is 0.394. The van der Waals surface area contributed by atoms with Gasteiger partial charge in [-0.2, -0.15) is 0 Å². The summed E-state index contributed by atoms with van der Waals surface area (Å²) in [6, 6.07) is 5.91. The Hall–Kier alpha value is -0.380. The molecule has 1 aromatic carbocycles. The third-order valence-corrected chi connectivity index (χ3v) is 4.11. The number of halogens is 2. The molecule has 2 aromatic rings. The van der Waals surface area contributed by atoms with Crippen molar-refractivity contribution in [3.63, 3.8) is 0 Å². The first-order valence-corrected chi connectivity index (χ1v) is 6.12. The van der Waals surface area contributed by atoms with Crippen molar-refractivity contribution in [2.45, 2.75) is 5.88 Å². The van der Waals surface area contributed by atoms with Gasteiger partial charge in [-0.05, 0) is 18.2 Å². The van der Waals surface area contributed by atoms with E-state index in [2.05, 4.69) is 15.9 Å². The molecule has 0 unspecified atom stereocenters. The van der Waals surface area contributed by atoms with Crippen molar-refractivity contribution in [2.24, 2.45) is 0 Å². The Morgan fingerprint density at radius 2 is 2.29 bits per heavy atom. The summed E-state index contributed by atoms with van der Waals surface area (Å²) in [5, 5.41) is 0.982. The molecule has 0 radical (unpaired) electrons. The molecule has 0 bridgehead atoms. The third kappa shape index (κ3) is 1.60. The number of carbonyl (C=O) groups excluding carboxylic acids is 1. The molecule has 2 rings (SSSR count). The molecule has 1 aromatic heterocycles. The van der Waals surface area contributed by atoms with Crippen LogP contribution in [0.1, 0.15) is 15.2 Å². The van der Waals surface area contributed by atoms with Crippen LogP contribution in [0.3, 0.4) is 0 Å². The Bertz CT molecular complexity index is 492. The van der Waals surface area contributed by atoms with Gasteiger partial charge in [0.25, 0.3) is 0 Å². The van der Waals surface area contributed by atoms with Crippen LogP contribution >= 0.6 is 38.9 Å². The van der Waals surface area contributed by atoms with E-state index in [-0.39, 0.29) is 0 Å². The first-order chi connectivity index (χ1) is 6.76. The van der Waals surface area contributed by atoms with Crippen molar-refractivity contribution in [3.8, 4) is 0 Å². The van der Waals surface area contributed by atoms with Gasteiger partial charge in [-0.15, -0.1) is 22.9 Å². The second-order valence-electron chi connectivity index (χ2n) is 2.83. The molecular weight excluding hydrogens is 284 g/mol. The molecule has 0 spiro atoms. The average molecular weight is 290 g/mol. The third-order valence-electron chi connectivity index (χ3n) is 2.00. The van der Waals surface area contributed by atoms with Crippen LogP contribution in [0.15, 0.2) is 22.7 Å². The summed E-state index contributed by atoms with van der Waals surface area (Å²) in [5.41, 5.74) is 0.723. The van der Waals surface area contributed by atoms with Gasteiger partial charge < -0.3 is 0 Å². The summed E-state index contributed by atoms with van der Waals surface area (Å²) in [6.07, 6.45) is 0.878. The molecule has 0 aliphatic carbocycles. The van der Waals surface area contributed by atoms with Gasteiger partial charge in [0.2, 0.25) is 0 Å². The van der Waals surface area contributed by atoms with Gasteiger partial charge in [-0.1, -0.05) is 15.9 Å². The summed E-state index contributed by atoms with van der Waals surface area (Å²) >= 11 is 10.7. The van der Waals surface area contributed by atoms with Crippen LogP contribution in [-0.4, -0.2) is 6.29 Å². The number of hydrogen-bond donors (Lipinski definition) is 0. The minimum atomic E-state index is 0.394. The van der Waals surface area contributed by atoms with Crippen LogP contribution in [0.5, 0.6) is 0 Å². The van der Waals surface area contributed by atoms with E-state index in [9.17, 15) is 4.79 Å². The van der Waals surface area contributed by atoms with Crippen molar-refractivity contribution in [1.82, 2.24) is 0 Å². The van der Waals surface area contributed by atoms with Crippen molar-refractivity contribution in [3.05, 3.63) is 33.1 Å². The highest BCUT2D eigenvalue weighted by atomic mass is 79.9. The lowest BCUT2D eigenvalue weighted by atomic mass is 10.1. The fraction of sp³-hybridized carbons (Fsp3) is 0.100. The van der Waals surface area contributed by atoms with Gasteiger partial charge in [-0.25, -0.2) is 0 Å². The number of benzene rings is 1. The minimum Gasteiger partial charge on any atom is -0.298 e. The number of thiophene rings is 1. The van der Waals surface area contributed by atoms with Gasteiger partial charge in [0.1, 0.15) is 0 Å². The normalized spacial score (nSPS) is 10.7. The number of rotatable bonds is 2. The summed E-state index contributed by atoms with van der Waals surface area (Å²) in [5.74, 6) is 0.394. The Kier molecular flexibility index (Phi) is 2.91. The lowest BCUT2D eigenvalue weighted by Gasteiger charge is -1.92. The van der Waals surface area contributed by atoms with Crippen LogP contribution in [-0.2, 0) is 5.88 Å². The molecule has 1 nitrogen and oxygen atoms in total. The van der Waals surface area contributed by atoms with E-state index in [1.54, 1.807) is 11.3 Å². The van der Waals surface area contributed by atoms with Gasteiger partial charge >= 0.3 is 0 Å². The highest BCUT2D eigenvalue weighted by Gasteiger charge is 2.10. The largest absolute Gasteiger partial charge is 0.298 e. The Morgan fingerprint density at radius 3 is 2.93 bits per heavy atom. The molecule has 0 aliphatic heterocycles. The first kappa shape index (κ1) is 10.1. The van der Waals surface area contributed by atoms with Crippen LogP contribution in [0.25, 0.3) is 10.1 Å². The number of alkyl halides is 1. The maximum Gasteiger partial charge on any atom is 0.151 e. The highest BCUT2D eigenvalue weighted by Crippen LogP contribution is 2.33. The molecule has 14 heavy (non-hydrogen) atoms. The van der Waals surface area contributed by atoms with Gasteiger partial charge in [0, 0.05) is 25.0 Å². The molecule has 4 heteroatoms. The SMILES string of the molecule is O=Cc1c(CCl)sc2ccc(Br)cc12. The van der Waals surface area contributed by atoms with E-state index in [1.807, 2.05) is 18.2 Å². The van der Waals surface area contributed by atoms with Gasteiger partial charge in [0.15, 0.2) is 6.29 Å². The number of aldehydes is 1. The zero-order chi connectivity index (χ0) is 10.1. The van der Waals surface area contributed by atoms with Crippen molar-refractivity contribution >= 4 is 55.2 Å². The highest BCUT2D eigenvalue weighted by molar-refractivity contribution is 9.10. The van der Waals surface area contributed by atoms with Crippen LogP contribution < -0.4 is 0 Å². The fourth-order valence-corrected chi connectivity index (χ4v) is 3.04. The predicted octanol–water partition coefficient (Wildman–Crippen LogP) is 4.22. The fourth-order valence-electron chi connectivity index (χ4n) is 1.37. The van der Waals surface area contributed by atoms with E-state index in [4.69, 9.17) is 11.6 Å². The van der Waals surface area contributed by atoms with Crippen molar-refractivity contribution < 1.29 is 4.79 Å². The van der Waals surface area contributed by atoms with Crippen LogP contribution in [0.2, 0.25) is 0 Å². The quantitative estimate of drug-likeness (QED) is 0.598. The number of fused-ring (bicyclic) bond motifs is 1. The number of hydrogen-bond acceptors (Lipinski definition) is 2. The van der Waals surface area contributed by atoms with Crippen LogP contribution in [0, 0.1) is 0 Å². The van der Waals surface area contributed by atoms with E-state index in [0.717, 1.165) is 31.3 Å². The lowest BCUT2D eigenvalue weighted by molar-refractivity contribution is 0.112. The predicted molar refractivity (Wildman–Crippen MR) is 64.5 cm³/mol. The molecule has 0 saturated carbocycles. The van der Waals surface area contributed by atoms with Crippen molar-refractivity contribution in [2.75, 3.05) is 0 Å². The van der Waals surface area contributed by atoms with E-state index >= 15 is 0 Å². The Labute approximate surface area is 98.8 Å². The maximum atomic E-state index is 10.9. The summed E-state index contributed by atoms with van der Waals surface area (Å²) < 4.78 is 2.08. The summed E-state index contributed by atoms with van der Waals surface area (Å²) in [6.45, 7) is 0. The molecule has 0 aliphatic rings. The smallest absolute Gasteiger partial charge is 0.151 e. The molecule has 0 amide bonds. The topological polar surface area (TPSA) is 17.1 Å². The molecule has 72 valence electrons. The molecule has 0 saturated heterocycles. The van der Waals surface area contributed by atoms with E-state index in [0.29, 0.717) is 5.88 Å². The average Bonchev–Trinajstić information content (AvgIpc) is 2.54. The summed E-state index contributed by atoms with van der Waals surface area (Å²) in [7, 11) is 0. The van der Waals surface area contributed by atoms with Crippen molar-refractivity contribution in [1.29, 1.82) is 0 Å². The Balaban J connectivity index is 2.81. The number of carbonyl (C=O) groups is 1. The zero-order valence-corrected chi connectivity index (χ0v) is 10.2. The molecule has 0 N–H and O–H groups in total. The molecule has 1 heterocycles. The zero-order valence-electron chi connectivity index (χ0n) is 7.09. The van der Waals surface area contributed by atoms with Gasteiger partial charge in [-0.3, -0.25) is 4.79 Å². The summed E-state index contributed by atoms with van der Waals surface area (Å²) in [4.78, 5) is 11.8. The Morgan fingerprint density at radius 1 is 1.50 bits per heavy atom. The lowest BCUT2D eigenvalue weighted by Crippen LogP contribution is -1.81.